The first-order valence-corrected chi connectivity index (χ1v) is 5.24. The number of nitrogens with two attached hydrogens (primary N) is 1. The third-order valence-corrected chi connectivity index (χ3v) is 2.48. The van der Waals surface area contributed by atoms with Crippen LogP contribution >= 0.6 is 0 Å². The molecule has 0 amide bonds. The van der Waals surface area contributed by atoms with Crippen LogP contribution < -0.4 is 16.6 Å². The molecule has 1 aliphatic rings. The smallest absolute Gasteiger partial charge is 0.257 e. The van der Waals surface area contributed by atoms with Gasteiger partial charge in [-0.05, 0) is 18.8 Å². The van der Waals surface area contributed by atoms with Crippen molar-refractivity contribution >= 4 is 11.8 Å². The summed E-state index contributed by atoms with van der Waals surface area (Å²) in [4.78, 5) is 18.5. The lowest BCUT2D eigenvalue weighted by molar-refractivity contribution is 0.834. The van der Waals surface area contributed by atoms with Gasteiger partial charge in [-0.15, -0.1) is 0 Å². The number of aromatic nitrogens is 2. The van der Waals surface area contributed by atoms with Gasteiger partial charge < -0.3 is 11.1 Å². The predicted octanol–water partition coefficient (Wildman–Crippen LogP) is 1.05. The van der Waals surface area contributed by atoms with Gasteiger partial charge in [-0.2, -0.15) is 4.98 Å². The molecule has 0 unspecified atom stereocenters. The number of rotatable bonds is 3. The summed E-state index contributed by atoms with van der Waals surface area (Å²) in [5, 5.41) is 3.12. The van der Waals surface area contributed by atoms with Gasteiger partial charge in [0.2, 0.25) is 5.95 Å². The van der Waals surface area contributed by atoms with Crippen molar-refractivity contribution in [2.24, 2.45) is 0 Å². The molecule has 0 radical (unpaired) electrons. The third kappa shape index (κ3) is 2.11. The number of nitrogen functional groups attached to an aromatic ring is 1. The zero-order valence-corrected chi connectivity index (χ0v) is 9.00. The Kier molecular flexibility index (Phi) is 2.38. The Morgan fingerprint density at radius 3 is 2.67 bits per heavy atom. The molecule has 0 bridgehead atoms. The van der Waals surface area contributed by atoms with Gasteiger partial charge in [-0.3, -0.25) is 9.78 Å². The van der Waals surface area contributed by atoms with E-state index in [-0.39, 0.29) is 11.5 Å². The summed E-state index contributed by atoms with van der Waals surface area (Å²) in [6.07, 6.45) is 2.27. The fourth-order valence-electron chi connectivity index (χ4n) is 1.55. The van der Waals surface area contributed by atoms with E-state index in [4.69, 9.17) is 5.73 Å². The maximum Gasteiger partial charge on any atom is 0.257 e. The maximum absolute atomic E-state index is 11.7. The van der Waals surface area contributed by atoms with Gasteiger partial charge in [-0.1, -0.05) is 13.8 Å². The lowest BCUT2D eigenvalue weighted by Crippen LogP contribution is -2.21. The van der Waals surface area contributed by atoms with E-state index in [2.05, 4.69) is 15.3 Å². The van der Waals surface area contributed by atoms with Crippen LogP contribution in [0.3, 0.4) is 0 Å². The van der Waals surface area contributed by atoms with E-state index < -0.39 is 0 Å². The molecule has 5 nitrogen and oxygen atoms in total. The van der Waals surface area contributed by atoms with Crippen LogP contribution in [-0.4, -0.2) is 16.0 Å². The van der Waals surface area contributed by atoms with E-state index >= 15 is 0 Å². The summed E-state index contributed by atoms with van der Waals surface area (Å²) in [6.45, 7) is 3.85. The van der Waals surface area contributed by atoms with Crippen molar-refractivity contribution < 1.29 is 0 Å². The van der Waals surface area contributed by atoms with Gasteiger partial charge in [0.15, 0.2) is 0 Å². The van der Waals surface area contributed by atoms with Gasteiger partial charge >= 0.3 is 0 Å². The highest BCUT2D eigenvalue weighted by atomic mass is 16.1. The van der Waals surface area contributed by atoms with E-state index in [1.807, 2.05) is 13.8 Å². The molecule has 1 saturated carbocycles. The lowest BCUT2D eigenvalue weighted by atomic mass is 10.1. The topological polar surface area (TPSA) is 83.8 Å². The van der Waals surface area contributed by atoms with E-state index in [0.717, 1.165) is 12.8 Å². The summed E-state index contributed by atoms with van der Waals surface area (Å²) in [7, 11) is 0. The maximum atomic E-state index is 11.7. The van der Waals surface area contributed by atoms with Crippen LogP contribution in [0.2, 0.25) is 0 Å². The number of hydrogen-bond donors (Lipinski definition) is 3. The second kappa shape index (κ2) is 3.56. The highest BCUT2D eigenvalue weighted by Crippen LogP contribution is 2.23. The van der Waals surface area contributed by atoms with E-state index in [9.17, 15) is 4.79 Å². The minimum atomic E-state index is -0.138. The molecule has 1 aromatic rings. The number of anilines is 2. The largest absolute Gasteiger partial charge is 0.383 e. The molecule has 0 spiro atoms. The molecule has 1 heterocycles. The van der Waals surface area contributed by atoms with Crippen molar-refractivity contribution in [3.63, 3.8) is 0 Å². The number of aromatic amines is 1. The van der Waals surface area contributed by atoms with Gasteiger partial charge in [-0.25, -0.2) is 0 Å². The van der Waals surface area contributed by atoms with Crippen molar-refractivity contribution in [1.29, 1.82) is 0 Å². The van der Waals surface area contributed by atoms with Crippen LogP contribution in [0.1, 0.15) is 38.2 Å². The summed E-state index contributed by atoms with van der Waals surface area (Å²) >= 11 is 0. The standard InChI is InChI=1S/C10H16N4O/c1-5(2)7-8(11)13-10(14-9(7)15)12-6-3-4-6/h5-6H,3-4H2,1-2H3,(H4,11,12,13,14,15). The van der Waals surface area contributed by atoms with Crippen LogP contribution in [0, 0.1) is 0 Å². The molecule has 15 heavy (non-hydrogen) atoms. The minimum Gasteiger partial charge on any atom is -0.383 e. The molecule has 0 aliphatic heterocycles. The molecule has 0 saturated heterocycles. The number of nitrogens with one attached hydrogen (secondary N) is 2. The third-order valence-electron chi connectivity index (χ3n) is 2.48. The SMILES string of the molecule is CC(C)c1c(N)nc(NC2CC2)[nH]c1=O. The molecule has 1 fully saturated rings. The Morgan fingerprint density at radius 1 is 1.53 bits per heavy atom. The Balaban J connectivity index is 2.33. The average molecular weight is 208 g/mol. The van der Waals surface area contributed by atoms with Gasteiger partial charge in [0.05, 0.1) is 5.56 Å². The molecule has 1 aromatic heterocycles. The van der Waals surface area contributed by atoms with Crippen LogP contribution in [0.15, 0.2) is 4.79 Å². The molecular weight excluding hydrogens is 192 g/mol. The summed E-state index contributed by atoms with van der Waals surface area (Å²) in [5.74, 6) is 0.914. The molecular formula is C10H16N4O. The van der Waals surface area contributed by atoms with E-state index in [0.29, 0.717) is 23.4 Å². The second-order valence-corrected chi connectivity index (χ2v) is 4.29. The first kappa shape index (κ1) is 10.0. The van der Waals surface area contributed by atoms with Crippen molar-refractivity contribution in [1.82, 2.24) is 9.97 Å². The van der Waals surface area contributed by atoms with Crippen LogP contribution in [0.5, 0.6) is 0 Å². The van der Waals surface area contributed by atoms with E-state index in [1.54, 1.807) is 0 Å². The van der Waals surface area contributed by atoms with Gasteiger partial charge in [0, 0.05) is 6.04 Å². The quantitative estimate of drug-likeness (QED) is 0.693. The van der Waals surface area contributed by atoms with Gasteiger partial charge in [0.25, 0.3) is 5.56 Å². The normalized spacial score (nSPS) is 15.7. The Morgan fingerprint density at radius 2 is 2.20 bits per heavy atom. The molecule has 0 atom stereocenters. The van der Waals surface area contributed by atoms with Crippen LogP contribution in [-0.2, 0) is 0 Å². The van der Waals surface area contributed by atoms with Crippen LogP contribution in [0.4, 0.5) is 11.8 Å². The fourth-order valence-corrected chi connectivity index (χ4v) is 1.55. The Hall–Kier alpha value is -1.52. The molecule has 0 aromatic carbocycles. The molecule has 2 rings (SSSR count). The number of nitrogens with zero attached hydrogens (tertiary/aromatic N) is 1. The minimum absolute atomic E-state index is 0.0937. The van der Waals surface area contributed by atoms with Crippen molar-refractivity contribution in [3.8, 4) is 0 Å². The highest BCUT2D eigenvalue weighted by Gasteiger charge is 2.22. The first-order valence-electron chi connectivity index (χ1n) is 5.24. The molecule has 82 valence electrons. The number of H-pyrrole nitrogens is 1. The average Bonchev–Trinajstić information content (AvgIpc) is 2.85. The van der Waals surface area contributed by atoms with Crippen molar-refractivity contribution in [2.45, 2.75) is 38.6 Å². The zero-order valence-electron chi connectivity index (χ0n) is 9.00. The lowest BCUT2D eigenvalue weighted by Gasteiger charge is -2.09. The zero-order chi connectivity index (χ0) is 11.0. The summed E-state index contributed by atoms with van der Waals surface area (Å²) in [5.41, 5.74) is 6.18. The fraction of sp³-hybridized carbons (Fsp3) is 0.600. The molecule has 5 heteroatoms. The Bertz CT molecular complexity index is 420. The van der Waals surface area contributed by atoms with Gasteiger partial charge in [0.1, 0.15) is 5.82 Å². The first-order chi connectivity index (χ1) is 7.08. The summed E-state index contributed by atoms with van der Waals surface area (Å²) in [6, 6.07) is 0.456. The highest BCUT2D eigenvalue weighted by molar-refractivity contribution is 5.45. The molecule has 1 aliphatic carbocycles. The molecule has 4 N–H and O–H groups in total. The summed E-state index contributed by atoms with van der Waals surface area (Å²) < 4.78 is 0. The second-order valence-electron chi connectivity index (χ2n) is 4.29. The van der Waals surface area contributed by atoms with Crippen molar-refractivity contribution in [2.75, 3.05) is 11.1 Å². The predicted molar refractivity (Wildman–Crippen MR) is 60.0 cm³/mol. The van der Waals surface area contributed by atoms with Crippen molar-refractivity contribution in [3.05, 3.63) is 15.9 Å². The monoisotopic (exact) mass is 208 g/mol. The van der Waals surface area contributed by atoms with E-state index in [1.165, 1.54) is 0 Å². The Labute approximate surface area is 88.1 Å². The van der Waals surface area contributed by atoms with Crippen LogP contribution in [0.25, 0.3) is 0 Å². The number of hydrogen-bond acceptors (Lipinski definition) is 4.